The standard InChI is InChI=1S/C16H25ClN2/c1-4-18-16-8-9-19(13(3)12(16)2)11-14-6-5-7-15(17)10-14/h5-7,10,12-13,16,18H,4,8-9,11H2,1-3H3. The number of piperidine rings is 1. The lowest BCUT2D eigenvalue weighted by molar-refractivity contribution is 0.0790. The Kier molecular flexibility index (Phi) is 5.26. The number of hydrogen-bond acceptors (Lipinski definition) is 2. The minimum atomic E-state index is 0.608. The van der Waals surface area contributed by atoms with Crippen LogP contribution < -0.4 is 5.32 Å². The molecule has 0 amide bonds. The minimum absolute atomic E-state index is 0.608. The molecule has 1 aliphatic rings. The fourth-order valence-corrected chi connectivity index (χ4v) is 3.30. The molecule has 1 aliphatic heterocycles. The zero-order chi connectivity index (χ0) is 13.8. The van der Waals surface area contributed by atoms with Crippen molar-refractivity contribution in [3.8, 4) is 0 Å². The fraction of sp³-hybridized carbons (Fsp3) is 0.625. The van der Waals surface area contributed by atoms with Gasteiger partial charge in [-0.3, -0.25) is 4.90 Å². The fourth-order valence-electron chi connectivity index (χ4n) is 3.08. The van der Waals surface area contributed by atoms with Crippen molar-refractivity contribution in [1.82, 2.24) is 10.2 Å². The Balaban J connectivity index is 1.99. The molecule has 0 bridgehead atoms. The topological polar surface area (TPSA) is 15.3 Å². The maximum absolute atomic E-state index is 6.06. The Morgan fingerprint density at radius 3 is 2.84 bits per heavy atom. The quantitative estimate of drug-likeness (QED) is 0.907. The zero-order valence-electron chi connectivity index (χ0n) is 12.2. The molecule has 2 rings (SSSR count). The zero-order valence-corrected chi connectivity index (χ0v) is 13.0. The summed E-state index contributed by atoms with van der Waals surface area (Å²) in [6.45, 7) is 10.1. The summed E-state index contributed by atoms with van der Waals surface area (Å²) >= 11 is 6.06. The summed E-state index contributed by atoms with van der Waals surface area (Å²) in [5.74, 6) is 0.688. The molecule has 3 unspecified atom stereocenters. The third kappa shape index (κ3) is 3.71. The Hall–Kier alpha value is -0.570. The highest BCUT2D eigenvalue weighted by molar-refractivity contribution is 6.30. The molecule has 1 saturated heterocycles. The largest absolute Gasteiger partial charge is 0.314 e. The molecule has 19 heavy (non-hydrogen) atoms. The first-order chi connectivity index (χ1) is 9.11. The third-order valence-corrected chi connectivity index (χ3v) is 4.67. The van der Waals surface area contributed by atoms with Gasteiger partial charge in [-0.05, 0) is 43.5 Å². The normalized spacial score (nSPS) is 28.5. The van der Waals surface area contributed by atoms with Gasteiger partial charge in [0.05, 0.1) is 0 Å². The van der Waals surface area contributed by atoms with E-state index in [9.17, 15) is 0 Å². The van der Waals surface area contributed by atoms with E-state index >= 15 is 0 Å². The van der Waals surface area contributed by atoms with Crippen LogP contribution in [0, 0.1) is 5.92 Å². The van der Waals surface area contributed by atoms with E-state index in [0.29, 0.717) is 18.0 Å². The smallest absolute Gasteiger partial charge is 0.0409 e. The second-order valence-electron chi connectivity index (χ2n) is 5.65. The first kappa shape index (κ1) is 14.8. The SMILES string of the molecule is CCNC1CCN(Cc2cccc(Cl)c2)C(C)C1C. The second kappa shape index (κ2) is 6.74. The predicted molar refractivity (Wildman–Crippen MR) is 82.6 cm³/mol. The highest BCUT2D eigenvalue weighted by Crippen LogP contribution is 2.25. The second-order valence-corrected chi connectivity index (χ2v) is 6.09. The van der Waals surface area contributed by atoms with Crippen molar-refractivity contribution in [2.75, 3.05) is 13.1 Å². The molecule has 1 aromatic rings. The molecule has 1 N–H and O–H groups in total. The van der Waals surface area contributed by atoms with Crippen LogP contribution in [0.15, 0.2) is 24.3 Å². The van der Waals surface area contributed by atoms with Crippen molar-refractivity contribution in [3.05, 3.63) is 34.9 Å². The predicted octanol–water partition coefficient (Wildman–Crippen LogP) is 3.55. The van der Waals surface area contributed by atoms with E-state index < -0.39 is 0 Å². The van der Waals surface area contributed by atoms with Gasteiger partial charge >= 0.3 is 0 Å². The van der Waals surface area contributed by atoms with Crippen LogP contribution in [0.4, 0.5) is 0 Å². The molecule has 0 spiro atoms. The molecule has 1 fully saturated rings. The highest BCUT2D eigenvalue weighted by Gasteiger charge is 2.31. The van der Waals surface area contributed by atoms with Crippen molar-refractivity contribution in [2.24, 2.45) is 5.92 Å². The summed E-state index contributed by atoms with van der Waals surface area (Å²) in [4.78, 5) is 2.57. The maximum Gasteiger partial charge on any atom is 0.0409 e. The summed E-state index contributed by atoms with van der Waals surface area (Å²) in [6, 6.07) is 9.49. The molecular weight excluding hydrogens is 256 g/mol. The van der Waals surface area contributed by atoms with Gasteiger partial charge in [-0.15, -0.1) is 0 Å². The van der Waals surface area contributed by atoms with Crippen LogP contribution in [-0.4, -0.2) is 30.1 Å². The van der Waals surface area contributed by atoms with Gasteiger partial charge in [0.2, 0.25) is 0 Å². The lowest BCUT2D eigenvalue weighted by atomic mass is 9.86. The van der Waals surface area contributed by atoms with Gasteiger partial charge in [0.25, 0.3) is 0 Å². The van der Waals surface area contributed by atoms with E-state index in [4.69, 9.17) is 11.6 Å². The summed E-state index contributed by atoms with van der Waals surface area (Å²) in [7, 11) is 0. The van der Waals surface area contributed by atoms with Crippen molar-refractivity contribution < 1.29 is 0 Å². The van der Waals surface area contributed by atoms with Crippen LogP contribution in [0.5, 0.6) is 0 Å². The van der Waals surface area contributed by atoms with Crippen LogP contribution in [0.3, 0.4) is 0 Å². The minimum Gasteiger partial charge on any atom is -0.314 e. The van der Waals surface area contributed by atoms with Gasteiger partial charge < -0.3 is 5.32 Å². The number of halogens is 1. The lowest BCUT2D eigenvalue weighted by Gasteiger charge is -2.43. The number of benzene rings is 1. The van der Waals surface area contributed by atoms with Gasteiger partial charge in [-0.2, -0.15) is 0 Å². The molecule has 1 aromatic carbocycles. The lowest BCUT2D eigenvalue weighted by Crippen LogP contribution is -2.52. The number of likely N-dealkylation sites (tertiary alicyclic amines) is 1. The molecular formula is C16H25ClN2. The Morgan fingerprint density at radius 2 is 2.16 bits per heavy atom. The molecule has 3 atom stereocenters. The van der Waals surface area contributed by atoms with Crippen LogP contribution in [0.1, 0.15) is 32.8 Å². The summed E-state index contributed by atoms with van der Waals surface area (Å²) < 4.78 is 0. The first-order valence-corrected chi connectivity index (χ1v) is 7.71. The summed E-state index contributed by atoms with van der Waals surface area (Å²) in [5.41, 5.74) is 1.31. The van der Waals surface area contributed by atoms with Crippen LogP contribution >= 0.6 is 11.6 Å². The molecule has 1 heterocycles. The number of nitrogens with zero attached hydrogens (tertiary/aromatic N) is 1. The highest BCUT2D eigenvalue weighted by atomic mass is 35.5. The molecule has 0 aliphatic carbocycles. The molecule has 2 nitrogen and oxygen atoms in total. The number of hydrogen-bond donors (Lipinski definition) is 1. The van der Waals surface area contributed by atoms with Gasteiger partial charge in [-0.1, -0.05) is 37.6 Å². The van der Waals surface area contributed by atoms with Crippen molar-refractivity contribution in [1.29, 1.82) is 0 Å². The van der Waals surface area contributed by atoms with E-state index in [1.54, 1.807) is 0 Å². The molecule has 0 aromatic heterocycles. The maximum atomic E-state index is 6.06. The van der Waals surface area contributed by atoms with Gasteiger partial charge in [0, 0.05) is 30.2 Å². The van der Waals surface area contributed by atoms with Gasteiger partial charge in [-0.25, -0.2) is 0 Å². The van der Waals surface area contributed by atoms with E-state index in [2.05, 4.69) is 43.1 Å². The molecule has 0 radical (unpaired) electrons. The van der Waals surface area contributed by atoms with Crippen molar-refractivity contribution >= 4 is 11.6 Å². The molecule has 0 saturated carbocycles. The molecule has 106 valence electrons. The van der Waals surface area contributed by atoms with Crippen LogP contribution in [0.25, 0.3) is 0 Å². The van der Waals surface area contributed by atoms with E-state index in [1.165, 1.54) is 12.0 Å². The van der Waals surface area contributed by atoms with E-state index in [1.807, 2.05) is 12.1 Å². The van der Waals surface area contributed by atoms with Crippen LogP contribution in [-0.2, 0) is 6.54 Å². The summed E-state index contributed by atoms with van der Waals surface area (Å²) in [6.07, 6.45) is 1.24. The Labute approximate surface area is 122 Å². The average Bonchev–Trinajstić information content (AvgIpc) is 2.39. The van der Waals surface area contributed by atoms with Crippen LogP contribution in [0.2, 0.25) is 5.02 Å². The number of nitrogens with one attached hydrogen (secondary N) is 1. The van der Waals surface area contributed by atoms with Gasteiger partial charge in [0.15, 0.2) is 0 Å². The third-order valence-electron chi connectivity index (χ3n) is 4.44. The average molecular weight is 281 g/mol. The van der Waals surface area contributed by atoms with Gasteiger partial charge in [0.1, 0.15) is 0 Å². The van der Waals surface area contributed by atoms with Crippen molar-refractivity contribution in [3.63, 3.8) is 0 Å². The summed E-state index contributed by atoms with van der Waals surface area (Å²) in [5, 5.41) is 4.44. The number of rotatable bonds is 4. The Bertz CT molecular complexity index is 407. The first-order valence-electron chi connectivity index (χ1n) is 7.33. The molecule has 3 heteroatoms. The monoisotopic (exact) mass is 280 g/mol. The van der Waals surface area contributed by atoms with Crippen molar-refractivity contribution in [2.45, 2.75) is 45.8 Å². The van der Waals surface area contributed by atoms with E-state index in [0.717, 1.165) is 24.7 Å². The Morgan fingerprint density at radius 1 is 1.37 bits per heavy atom. The van der Waals surface area contributed by atoms with E-state index in [-0.39, 0.29) is 0 Å².